The molecule has 0 heterocycles. The van der Waals surface area contributed by atoms with Crippen molar-refractivity contribution in [1.29, 1.82) is 0 Å². The Morgan fingerprint density at radius 2 is 2.00 bits per heavy atom. The monoisotopic (exact) mass is 211 g/mol. The van der Waals surface area contributed by atoms with Crippen LogP contribution in [-0.4, -0.2) is 18.1 Å². The number of esters is 1. The highest BCUT2D eigenvalue weighted by molar-refractivity contribution is 5.80. The van der Waals surface area contributed by atoms with Gasteiger partial charge in [0, 0.05) is 6.54 Å². The molecule has 1 aliphatic rings. The van der Waals surface area contributed by atoms with Crippen molar-refractivity contribution >= 4 is 5.97 Å². The molecule has 1 fully saturated rings. The molecule has 1 rings (SSSR count). The molecular weight excluding hydrogens is 190 g/mol. The maximum absolute atomic E-state index is 11.8. The van der Waals surface area contributed by atoms with Gasteiger partial charge in [-0.15, -0.1) is 0 Å². The van der Waals surface area contributed by atoms with Gasteiger partial charge in [0.2, 0.25) is 0 Å². The lowest BCUT2D eigenvalue weighted by atomic mass is 10.0. The van der Waals surface area contributed by atoms with Crippen LogP contribution in [0.2, 0.25) is 0 Å². The number of hydrogen-bond acceptors (Lipinski definition) is 3. The first kappa shape index (κ1) is 12.2. The number of hydrogen-bond donors (Lipinski definition) is 1. The number of carbonyl (C=O) groups excluding carboxylic acids is 1. The minimum atomic E-state index is -0.385. The largest absolute Gasteiger partial charge is 0.460 e. The van der Waals surface area contributed by atoms with Crippen molar-refractivity contribution < 1.29 is 9.53 Å². The van der Waals surface area contributed by atoms with E-state index in [9.17, 15) is 4.79 Å². The molecule has 0 amide bonds. The molecule has 0 aliphatic heterocycles. The van der Waals surface area contributed by atoms with E-state index in [2.05, 4.69) is 0 Å². The predicted octanol–water partition coefficient (Wildman–Crippen LogP) is 2.01. The zero-order valence-electron chi connectivity index (χ0n) is 9.88. The molecule has 0 bridgehead atoms. The first-order chi connectivity index (χ1) is 6.90. The second kappa shape index (κ2) is 4.35. The zero-order valence-corrected chi connectivity index (χ0v) is 9.88. The van der Waals surface area contributed by atoms with Gasteiger partial charge < -0.3 is 10.5 Å². The minimum absolute atomic E-state index is 0.0586. The standard InChI is InChI=1S/C12H21NO2/c1-11(2,3)15-10(14)12(7-8-12)6-4-5-9-13/h4-5H,6-9,13H2,1-3H3. The Morgan fingerprint density at radius 3 is 2.40 bits per heavy atom. The second-order valence-corrected chi connectivity index (χ2v) is 5.19. The molecule has 0 unspecified atom stereocenters. The third kappa shape index (κ3) is 3.67. The van der Waals surface area contributed by atoms with Crippen LogP contribution in [0.3, 0.4) is 0 Å². The van der Waals surface area contributed by atoms with Gasteiger partial charge >= 0.3 is 5.97 Å². The molecule has 0 saturated heterocycles. The van der Waals surface area contributed by atoms with Gasteiger partial charge in [0.25, 0.3) is 0 Å². The minimum Gasteiger partial charge on any atom is -0.460 e. The average Bonchev–Trinajstić information content (AvgIpc) is 2.83. The van der Waals surface area contributed by atoms with Crippen molar-refractivity contribution in [2.75, 3.05) is 6.54 Å². The zero-order chi connectivity index (χ0) is 11.5. The average molecular weight is 211 g/mol. The second-order valence-electron chi connectivity index (χ2n) is 5.19. The number of allylic oxidation sites excluding steroid dienone is 1. The van der Waals surface area contributed by atoms with Crippen molar-refractivity contribution in [3.8, 4) is 0 Å². The summed E-state index contributed by atoms with van der Waals surface area (Å²) in [5.74, 6) is -0.0586. The van der Waals surface area contributed by atoms with Gasteiger partial charge in [0.05, 0.1) is 5.41 Å². The van der Waals surface area contributed by atoms with Crippen LogP contribution in [0.15, 0.2) is 12.2 Å². The highest BCUT2D eigenvalue weighted by atomic mass is 16.6. The Hall–Kier alpha value is -0.830. The fraction of sp³-hybridized carbons (Fsp3) is 0.750. The summed E-state index contributed by atoms with van der Waals surface area (Å²) in [6, 6.07) is 0. The van der Waals surface area contributed by atoms with Crippen LogP contribution < -0.4 is 5.73 Å². The summed E-state index contributed by atoms with van der Waals surface area (Å²) in [6.07, 6.45) is 6.52. The first-order valence-electron chi connectivity index (χ1n) is 5.48. The Balaban J connectivity index is 2.48. The molecule has 0 spiro atoms. The number of rotatable bonds is 4. The molecular formula is C12H21NO2. The SMILES string of the molecule is CC(C)(C)OC(=O)C1(CC=CCN)CC1. The van der Waals surface area contributed by atoms with E-state index in [0.717, 1.165) is 19.3 Å². The first-order valence-corrected chi connectivity index (χ1v) is 5.48. The van der Waals surface area contributed by atoms with Gasteiger partial charge in [-0.05, 0) is 40.0 Å². The summed E-state index contributed by atoms with van der Waals surface area (Å²) in [5, 5.41) is 0. The lowest BCUT2D eigenvalue weighted by molar-refractivity contribution is -0.161. The quantitative estimate of drug-likeness (QED) is 0.571. The Kier molecular flexibility index (Phi) is 3.55. The van der Waals surface area contributed by atoms with Gasteiger partial charge in [-0.3, -0.25) is 4.79 Å². The summed E-state index contributed by atoms with van der Waals surface area (Å²) in [6.45, 7) is 6.23. The molecule has 0 radical (unpaired) electrons. The topological polar surface area (TPSA) is 52.3 Å². The van der Waals surface area contributed by atoms with Crippen LogP contribution in [0.5, 0.6) is 0 Å². The van der Waals surface area contributed by atoms with Crippen LogP contribution in [0.25, 0.3) is 0 Å². The van der Waals surface area contributed by atoms with E-state index in [1.807, 2.05) is 32.9 Å². The molecule has 3 nitrogen and oxygen atoms in total. The maximum atomic E-state index is 11.8. The fourth-order valence-corrected chi connectivity index (χ4v) is 1.43. The lowest BCUT2D eigenvalue weighted by Crippen LogP contribution is -2.29. The van der Waals surface area contributed by atoms with Crippen LogP contribution in [-0.2, 0) is 9.53 Å². The van der Waals surface area contributed by atoms with Gasteiger partial charge in [0.1, 0.15) is 5.60 Å². The molecule has 86 valence electrons. The third-order valence-electron chi connectivity index (χ3n) is 2.50. The Morgan fingerprint density at radius 1 is 1.40 bits per heavy atom. The van der Waals surface area contributed by atoms with Crippen LogP contribution in [0.4, 0.5) is 0 Å². The summed E-state index contributed by atoms with van der Waals surface area (Å²) >= 11 is 0. The third-order valence-corrected chi connectivity index (χ3v) is 2.50. The predicted molar refractivity (Wildman–Crippen MR) is 60.3 cm³/mol. The number of ether oxygens (including phenoxy) is 1. The van der Waals surface area contributed by atoms with Crippen molar-refractivity contribution in [2.24, 2.45) is 11.1 Å². The molecule has 3 heteroatoms. The molecule has 1 saturated carbocycles. The number of carbonyl (C=O) groups is 1. The van der Waals surface area contributed by atoms with Gasteiger partial charge in [0.15, 0.2) is 0 Å². The van der Waals surface area contributed by atoms with Gasteiger partial charge in [-0.25, -0.2) is 0 Å². The molecule has 15 heavy (non-hydrogen) atoms. The van der Waals surface area contributed by atoms with Crippen molar-refractivity contribution in [3.63, 3.8) is 0 Å². The number of nitrogens with two attached hydrogens (primary N) is 1. The van der Waals surface area contributed by atoms with E-state index in [1.54, 1.807) is 0 Å². The smallest absolute Gasteiger partial charge is 0.312 e. The molecule has 0 atom stereocenters. The van der Waals surface area contributed by atoms with Crippen molar-refractivity contribution in [1.82, 2.24) is 0 Å². The summed E-state index contributed by atoms with van der Waals surface area (Å²) in [7, 11) is 0. The van der Waals surface area contributed by atoms with Crippen LogP contribution in [0, 0.1) is 5.41 Å². The Bertz CT molecular complexity index is 259. The highest BCUT2D eigenvalue weighted by Gasteiger charge is 2.51. The van der Waals surface area contributed by atoms with E-state index in [-0.39, 0.29) is 17.0 Å². The molecule has 0 aromatic heterocycles. The summed E-state index contributed by atoms with van der Waals surface area (Å²) in [4.78, 5) is 11.8. The van der Waals surface area contributed by atoms with Crippen LogP contribution >= 0.6 is 0 Å². The molecule has 0 aromatic carbocycles. The van der Waals surface area contributed by atoms with E-state index >= 15 is 0 Å². The van der Waals surface area contributed by atoms with Crippen LogP contribution in [0.1, 0.15) is 40.0 Å². The van der Waals surface area contributed by atoms with Crippen molar-refractivity contribution in [3.05, 3.63) is 12.2 Å². The normalized spacial score (nSPS) is 19.2. The molecule has 1 aliphatic carbocycles. The highest BCUT2D eigenvalue weighted by Crippen LogP contribution is 2.50. The van der Waals surface area contributed by atoms with Crippen molar-refractivity contribution in [2.45, 2.75) is 45.6 Å². The summed E-state index contributed by atoms with van der Waals surface area (Å²) < 4.78 is 5.39. The molecule has 2 N–H and O–H groups in total. The fourth-order valence-electron chi connectivity index (χ4n) is 1.43. The van der Waals surface area contributed by atoms with E-state index in [1.165, 1.54) is 0 Å². The maximum Gasteiger partial charge on any atom is 0.312 e. The van der Waals surface area contributed by atoms with Gasteiger partial charge in [-0.1, -0.05) is 12.2 Å². The Labute approximate surface area is 91.7 Å². The molecule has 0 aromatic rings. The van der Waals surface area contributed by atoms with E-state index in [4.69, 9.17) is 10.5 Å². The van der Waals surface area contributed by atoms with E-state index < -0.39 is 0 Å². The van der Waals surface area contributed by atoms with E-state index in [0.29, 0.717) is 6.54 Å². The lowest BCUT2D eigenvalue weighted by Gasteiger charge is -2.23. The summed E-state index contributed by atoms with van der Waals surface area (Å²) in [5.41, 5.74) is 4.73. The van der Waals surface area contributed by atoms with Gasteiger partial charge in [-0.2, -0.15) is 0 Å².